The number of hydrogen-bond acceptors (Lipinski definition) is 5. The van der Waals surface area contributed by atoms with Gasteiger partial charge in [-0.05, 0) is 38.1 Å². The lowest BCUT2D eigenvalue weighted by atomic mass is 10.3. The van der Waals surface area contributed by atoms with Crippen LogP contribution in [0.2, 0.25) is 0 Å². The van der Waals surface area contributed by atoms with Crippen LogP contribution in [0, 0.1) is 0 Å². The average molecular weight is 276 g/mol. The van der Waals surface area contributed by atoms with Gasteiger partial charge < -0.3 is 15.2 Å². The SMILES string of the molecule is CCOc1ccc(OCCn2cc(C(C)N)nn2)cc1. The van der Waals surface area contributed by atoms with Crippen LogP contribution >= 0.6 is 0 Å². The second-order valence-electron chi connectivity index (χ2n) is 4.45. The standard InChI is InChI=1S/C14H20N4O2/c1-3-19-12-4-6-13(7-5-12)20-9-8-18-10-14(11(2)15)16-17-18/h4-7,10-11H,3,8-9,15H2,1-2H3. The van der Waals surface area contributed by atoms with Crippen molar-refractivity contribution in [3.8, 4) is 11.5 Å². The predicted molar refractivity (Wildman–Crippen MR) is 75.7 cm³/mol. The normalized spacial score (nSPS) is 12.2. The average Bonchev–Trinajstić information content (AvgIpc) is 2.90. The van der Waals surface area contributed by atoms with E-state index in [1.54, 1.807) is 4.68 Å². The van der Waals surface area contributed by atoms with Crippen LogP contribution in [0.5, 0.6) is 11.5 Å². The van der Waals surface area contributed by atoms with Crippen molar-refractivity contribution < 1.29 is 9.47 Å². The molecule has 1 aromatic carbocycles. The molecule has 1 atom stereocenters. The summed E-state index contributed by atoms with van der Waals surface area (Å²) in [5.41, 5.74) is 6.51. The van der Waals surface area contributed by atoms with E-state index in [0.29, 0.717) is 19.8 Å². The van der Waals surface area contributed by atoms with Crippen LogP contribution in [0.4, 0.5) is 0 Å². The molecule has 0 aliphatic heterocycles. The first-order valence-electron chi connectivity index (χ1n) is 6.70. The van der Waals surface area contributed by atoms with Crippen LogP contribution in [0.15, 0.2) is 30.5 Å². The van der Waals surface area contributed by atoms with Gasteiger partial charge in [0.1, 0.15) is 18.1 Å². The lowest BCUT2D eigenvalue weighted by Gasteiger charge is -2.07. The summed E-state index contributed by atoms with van der Waals surface area (Å²) < 4.78 is 12.7. The van der Waals surface area contributed by atoms with Crippen molar-refractivity contribution in [1.82, 2.24) is 15.0 Å². The van der Waals surface area contributed by atoms with Crippen molar-refractivity contribution >= 4 is 0 Å². The highest BCUT2D eigenvalue weighted by Gasteiger charge is 2.05. The molecule has 2 N–H and O–H groups in total. The number of aromatic nitrogens is 3. The predicted octanol–water partition coefficient (Wildman–Crippen LogP) is 1.78. The van der Waals surface area contributed by atoms with E-state index in [1.807, 2.05) is 44.3 Å². The van der Waals surface area contributed by atoms with Crippen molar-refractivity contribution in [2.24, 2.45) is 5.73 Å². The highest BCUT2D eigenvalue weighted by atomic mass is 16.5. The fourth-order valence-electron chi connectivity index (χ4n) is 1.69. The minimum atomic E-state index is -0.101. The molecule has 0 aliphatic carbocycles. The molecular weight excluding hydrogens is 256 g/mol. The fraction of sp³-hybridized carbons (Fsp3) is 0.429. The van der Waals surface area contributed by atoms with E-state index in [-0.39, 0.29) is 6.04 Å². The fourth-order valence-corrected chi connectivity index (χ4v) is 1.69. The van der Waals surface area contributed by atoms with E-state index in [4.69, 9.17) is 15.2 Å². The van der Waals surface area contributed by atoms with Crippen molar-refractivity contribution in [1.29, 1.82) is 0 Å². The molecular formula is C14H20N4O2. The van der Waals surface area contributed by atoms with Gasteiger partial charge in [0.2, 0.25) is 0 Å². The summed E-state index contributed by atoms with van der Waals surface area (Å²) in [7, 11) is 0. The molecule has 0 amide bonds. The third-order valence-corrected chi connectivity index (χ3v) is 2.75. The molecule has 2 aromatic rings. The summed E-state index contributed by atoms with van der Waals surface area (Å²) in [6.07, 6.45) is 1.84. The molecule has 0 fully saturated rings. The molecule has 0 saturated carbocycles. The van der Waals surface area contributed by atoms with Gasteiger partial charge in [0.15, 0.2) is 0 Å². The van der Waals surface area contributed by atoms with E-state index in [1.165, 1.54) is 0 Å². The van der Waals surface area contributed by atoms with E-state index >= 15 is 0 Å². The van der Waals surface area contributed by atoms with Crippen molar-refractivity contribution in [2.45, 2.75) is 26.4 Å². The Morgan fingerprint density at radius 3 is 2.40 bits per heavy atom. The summed E-state index contributed by atoms with van der Waals surface area (Å²) in [6.45, 7) is 5.65. The van der Waals surface area contributed by atoms with Gasteiger partial charge in [0, 0.05) is 6.04 Å². The zero-order chi connectivity index (χ0) is 14.4. The van der Waals surface area contributed by atoms with Crippen LogP contribution in [-0.4, -0.2) is 28.2 Å². The molecule has 108 valence electrons. The maximum atomic E-state index is 5.73. The topological polar surface area (TPSA) is 75.2 Å². The summed E-state index contributed by atoms with van der Waals surface area (Å²) in [4.78, 5) is 0. The Morgan fingerprint density at radius 2 is 1.85 bits per heavy atom. The van der Waals surface area contributed by atoms with Gasteiger partial charge in [0.05, 0.1) is 25.0 Å². The third-order valence-electron chi connectivity index (χ3n) is 2.75. The van der Waals surface area contributed by atoms with Gasteiger partial charge in [-0.3, -0.25) is 0 Å². The molecule has 0 radical (unpaired) electrons. The van der Waals surface area contributed by atoms with Crippen LogP contribution < -0.4 is 15.2 Å². The van der Waals surface area contributed by atoms with Crippen LogP contribution in [-0.2, 0) is 6.54 Å². The molecule has 0 bridgehead atoms. The van der Waals surface area contributed by atoms with Gasteiger partial charge in [-0.1, -0.05) is 5.21 Å². The first-order chi connectivity index (χ1) is 9.69. The number of nitrogens with two attached hydrogens (primary N) is 1. The Labute approximate surface area is 118 Å². The molecule has 0 spiro atoms. The number of nitrogens with zero attached hydrogens (tertiary/aromatic N) is 3. The lowest BCUT2D eigenvalue weighted by molar-refractivity contribution is 0.288. The Kier molecular flexibility index (Phi) is 4.95. The second-order valence-corrected chi connectivity index (χ2v) is 4.45. The van der Waals surface area contributed by atoms with Crippen LogP contribution in [0.1, 0.15) is 25.6 Å². The molecule has 6 nitrogen and oxygen atoms in total. The Morgan fingerprint density at radius 1 is 1.20 bits per heavy atom. The van der Waals surface area contributed by atoms with Gasteiger partial charge in [-0.2, -0.15) is 0 Å². The van der Waals surface area contributed by atoms with Gasteiger partial charge in [-0.15, -0.1) is 5.10 Å². The number of benzene rings is 1. The first-order valence-corrected chi connectivity index (χ1v) is 6.70. The minimum Gasteiger partial charge on any atom is -0.494 e. The Bertz CT molecular complexity index is 522. The maximum Gasteiger partial charge on any atom is 0.119 e. The minimum absolute atomic E-state index is 0.101. The largest absolute Gasteiger partial charge is 0.494 e. The summed E-state index contributed by atoms with van der Waals surface area (Å²) in [6, 6.07) is 7.46. The molecule has 1 unspecified atom stereocenters. The molecule has 6 heteroatoms. The quantitative estimate of drug-likeness (QED) is 0.834. The lowest BCUT2D eigenvalue weighted by Crippen LogP contribution is -2.09. The van der Waals surface area contributed by atoms with E-state index in [9.17, 15) is 0 Å². The molecule has 2 rings (SSSR count). The van der Waals surface area contributed by atoms with E-state index in [2.05, 4.69) is 10.3 Å². The Balaban J connectivity index is 1.79. The van der Waals surface area contributed by atoms with Crippen molar-refractivity contribution in [3.05, 3.63) is 36.2 Å². The molecule has 0 saturated heterocycles. The van der Waals surface area contributed by atoms with Crippen LogP contribution in [0.25, 0.3) is 0 Å². The van der Waals surface area contributed by atoms with Crippen molar-refractivity contribution in [3.63, 3.8) is 0 Å². The van der Waals surface area contributed by atoms with E-state index < -0.39 is 0 Å². The number of rotatable bonds is 7. The monoisotopic (exact) mass is 276 g/mol. The zero-order valence-corrected chi connectivity index (χ0v) is 11.8. The highest BCUT2D eigenvalue weighted by Crippen LogP contribution is 2.17. The summed E-state index contributed by atoms with van der Waals surface area (Å²) >= 11 is 0. The third kappa shape index (κ3) is 3.96. The maximum absolute atomic E-state index is 5.73. The van der Waals surface area contributed by atoms with Gasteiger partial charge in [0.25, 0.3) is 0 Å². The smallest absolute Gasteiger partial charge is 0.119 e. The molecule has 20 heavy (non-hydrogen) atoms. The van der Waals surface area contributed by atoms with Gasteiger partial charge >= 0.3 is 0 Å². The number of ether oxygens (including phenoxy) is 2. The highest BCUT2D eigenvalue weighted by molar-refractivity contribution is 5.31. The Hall–Kier alpha value is -2.08. The van der Waals surface area contributed by atoms with E-state index in [0.717, 1.165) is 17.2 Å². The molecule has 1 aromatic heterocycles. The molecule has 0 aliphatic rings. The van der Waals surface area contributed by atoms with Crippen molar-refractivity contribution in [2.75, 3.05) is 13.2 Å². The van der Waals surface area contributed by atoms with Crippen LogP contribution in [0.3, 0.4) is 0 Å². The molecule has 1 heterocycles. The summed E-state index contributed by atoms with van der Waals surface area (Å²) in [5.74, 6) is 1.65. The number of hydrogen-bond donors (Lipinski definition) is 1. The first kappa shape index (κ1) is 14.3. The zero-order valence-electron chi connectivity index (χ0n) is 11.8. The van der Waals surface area contributed by atoms with Gasteiger partial charge in [-0.25, -0.2) is 4.68 Å². The summed E-state index contributed by atoms with van der Waals surface area (Å²) in [5, 5.41) is 7.98. The second kappa shape index (κ2) is 6.91.